The highest BCUT2D eigenvalue weighted by atomic mass is 16.1. The molecule has 0 saturated heterocycles. The minimum Gasteiger partial charge on any atom is -0.299 e. The van der Waals surface area contributed by atoms with Crippen molar-refractivity contribution in [2.24, 2.45) is 51.8 Å². The first-order chi connectivity index (χ1) is 39.5. The van der Waals surface area contributed by atoms with E-state index in [-0.39, 0.29) is 0 Å². The normalized spacial score (nSPS) is 33.9. The Hall–Kier alpha value is -4.89. The molecule has 0 radical (unpaired) electrons. The van der Waals surface area contributed by atoms with Gasteiger partial charge in [-0.3, -0.25) is 14.4 Å². The van der Waals surface area contributed by atoms with Gasteiger partial charge >= 0.3 is 0 Å². The molecule has 12 aliphatic carbocycles. The van der Waals surface area contributed by atoms with Crippen molar-refractivity contribution in [1.82, 2.24) is 0 Å². The summed E-state index contributed by atoms with van der Waals surface area (Å²) in [7, 11) is 0. The molecule has 0 heterocycles. The van der Waals surface area contributed by atoms with E-state index in [0.717, 1.165) is 93.3 Å². The van der Waals surface area contributed by atoms with Gasteiger partial charge in [-0.05, 0) is 235 Å². The maximum absolute atomic E-state index is 12.0. The highest BCUT2D eigenvalue weighted by molar-refractivity contribution is 5.93. The summed E-state index contributed by atoms with van der Waals surface area (Å²) in [6, 6.07) is 33.5. The molecule has 0 spiro atoms. The standard InChI is InChI=1S/3C24H28O.3C2H6/c3*1-24-13-5-8-22(24)20-11-9-17-14-18(25)10-12-19(17)23(20)21(15-24)16-6-3-2-4-7-16;3*1-2/h2-4,6-7,20,22H,5,8-15H2,1H3;2*2-4,6-7,14,20-22H,5,8-13,15H2,1H3;3*1-2H3/t20?,22?,24-;20?,21?,22?,24-;20?,21-,22?,24-;;;/m000.../s1. The molecule has 0 amide bonds. The van der Waals surface area contributed by atoms with E-state index in [2.05, 4.69) is 112 Å². The number of fused-ring (bicyclic) bond motifs is 12. The fraction of sp³-hybridized carbons (Fsp3) is 0.577. The van der Waals surface area contributed by atoms with Gasteiger partial charge in [0.05, 0.1) is 0 Å². The minimum absolute atomic E-state index is 0.343. The second-order valence-electron chi connectivity index (χ2n) is 27.1. The highest BCUT2D eigenvalue weighted by Crippen LogP contribution is 2.66. The van der Waals surface area contributed by atoms with Crippen LogP contribution in [-0.4, -0.2) is 17.3 Å². The molecule has 0 N–H and O–H groups in total. The third-order valence-electron chi connectivity index (χ3n) is 23.0. The summed E-state index contributed by atoms with van der Waals surface area (Å²) in [5.74, 6) is 7.13. The second kappa shape index (κ2) is 25.5. The van der Waals surface area contributed by atoms with Crippen LogP contribution in [0.1, 0.15) is 251 Å². The lowest BCUT2D eigenvalue weighted by molar-refractivity contribution is -0.119. The monoisotopic (exact) mass is 1090 g/mol. The Morgan fingerprint density at radius 1 is 0.407 bits per heavy atom. The zero-order valence-corrected chi connectivity index (χ0v) is 51.8. The molecule has 0 aliphatic heterocycles. The van der Waals surface area contributed by atoms with Crippen LogP contribution in [0.5, 0.6) is 0 Å². The van der Waals surface area contributed by atoms with E-state index in [4.69, 9.17) is 0 Å². The SMILES string of the molecule is CC.CC.CC.C[C@@]12CCCC1C1CCC3=C(CCC(=O)C3)C1=C(c1ccccc1)C2.C[C@@]12CCCC1C1CCC3=CC(=O)CCC3=C1C(c1ccccc1)C2.C[C@@]12CCCC1C1CCC3=CC(=O)CCC3=C1[C@H](c1ccccc1)C2. The van der Waals surface area contributed by atoms with Gasteiger partial charge in [-0.1, -0.05) is 189 Å². The van der Waals surface area contributed by atoms with Crippen molar-refractivity contribution >= 4 is 22.9 Å². The van der Waals surface area contributed by atoms with Crippen molar-refractivity contribution in [2.75, 3.05) is 0 Å². The number of hydrogen-bond acceptors (Lipinski definition) is 3. The Balaban J connectivity index is 0.000000130. The van der Waals surface area contributed by atoms with E-state index in [1.54, 1.807) is 39.0 Å². The fourth-order valence-corrected chi connectivity index (χ4v) is 19.8. The Morgan fingerprint density at radius 3 is 1.31 bits per heavy atom. The lowest BCUT2D eigenvalue weighted by Crippen LogP contribution is -2.40. The van der Waals surface area contributed by atoms with Gasteiger partial charge in [0.15, 0.2) is 11.6 Å². The lowest BCUT2D eigenvalue weighted by atomic mass is 9.53. The molecule has 11 atom stereocenters. The van der Waals surface area contributed by atoms with Gasteiger partial charge in [0.1, 0.15) is 5.78 Å². The van der Waals surface area contributed by atoms with Crippen molar-refractivity contribution < 1.29 is 14.4 Å². The van der Waals surface area contributed by atoms with Gasteiger partial charge in [-0.2, -0.15) is 0 Å². The topological polar surface area (TPSA) is 51.2 Å². The van der Waals surface area contributed by atoms with Crippen molar-refractivity contribution in [3.05, 3.63) is 170 Å². The average molecular weight is 1090 g/mol. The number of carbonyl (C=O) groups is 3. The fourth-order valence-electron chi connectivity index (χ4n) is 19.8. The van der Waals surface area contributed by atoms with Crippen LogP contribution in [0.2, 0.25) is 0 Å². The Kier molecular flexibility index (Phi) is 18.7. The van der Waals surface area contributed by atoms with E-state index >= 15 is 0 Å². The van der Waals surface area contributed by atoms with Crippen LogP contribution in [0.25, 0.3) is 5.57 Å². The molecule has 81 heavy (non-hydrogen) atoms. The summed E-state index contributed by atoms with van der Waals surface area (Å²) in [6.07, 6.45) is 33.6. The molecule has 0 aromatic heterocycles. The van der Waals surface area contributed by atoms with E-state index in [1.807, 2.05) is 53.7 Å². The Labute approximate surface area is 491 Å². The molecule has 12 aliphatic rings. The van der Waals surface area contributed by atoms with Crippen LogP contribution in [0.15, 0.2) is 153 Å². The summed E-state index contributed by atoms with van der Waals surface area (Å²) >= 11 is 0. The van der Waals surface area contributed by atoms with Crippen molar-refractivity contribution in [2.45, 2.75) is 235 Å². The summed E-state index contributed by atoms with van der Waals surface area (Å²) in [5.41, 5.74) is 21.7. The predicted octanol–water partition coefficient (Wildman–Crippen LogP) is 21.1. The van der Waals surface area contributed by atoms with E-state index in [1.165, 1.54) is 136 Å². The predicted molar refractivity (Wildman–Crippen MR) is 339 cm³/mol. The molecule has 3 heteroatoms. The summed E-state index contributed by atoms with van der Waals surface area (Å²) in [5, 5.41) is 0. The van der Waals surface area contributed by atoms with Gasteiger partial charge in [-0.25, -0.2) is 0 Å². The first-order valence-corrected chi connectivity index (χ1v) is 33.5. The van der Waals surface area contributed by atoms with E-state index in [0.29, 0.717) is 45.4 Å². The third-order valence-corrected chi connectivity index (χ3v) is 23.0. The molecule has 5 saturated carbocycles. The van der Waals surface area contributed by atoms with Gasteiger partial charge in [0.25, 0.3) is 0 Å². The van der Waals surface area contributed by atoms with Crippen LogP contribution < -0.4 is 0 Å². The number of carbonyl (C=O) groups excluding carboxylic acids is 3. The first kappa shape index (κ1) is 59.3. The molecule has 5 fully saturated rings. The number of Topliss-reactive ketones (excluding diaryl/α,β-unsaturated/α-hetero) is 1. The summed E-state index contributed by atoms with van der Waals surface area (Å²) < 4.78 is 0. The van der Waals surface area contributed by atoms with Crippen LogP contribution in [0.4, 0.5) is 0 Å². The quantitative estimate of drug-likeness (QED) is 0.263. The number of benzene rings is 3. The number of ketones is 3. The number of rotatable bonds is 3. The maximum atomic E-state index is 12.0. The number of hydrogen-bond donors (Lipinski definition) is 0. The van der Waals surface area contributed by atoms with E-state index in [9.17, 15) is 14.4 Å². The Bertz CT molecular complexity index is 2820. The molecule has 432 valence electrons. The highest BCUT2D eigenvalue weighted by Gasteiger charge is 2.55. The van der Waals surface area contributed by atoms with Crippen LogP contribution in [0, 0.1) is 51.8 Å². The largest absolute Gasteiger partial charge is 0.299 e. The molecule has 15 rings (SSSR count). The number of allylic oxidation sites excluding steroid dienone is 12. The smallest absolute Gasteiger partial charge is 0.156 e. The molecular formula is C78H102O3. The average Bonchev–Trinajstić information content (AvgIpc) is 3.61. The zero-order valence-electron chi connectivity index (χ0n) is 51.8. The Morgan fingerprint density at radius 2 is 0.827 bits per heavy atom. The van der Waals surface area contributed by atoms with Crippen molar-refractivity contribution in [1.29, 1.82) is 0 Å². The molecule has 7 unspecified atom stereocenters. The van der Waals surface area contributed by atoms with Crippen LogP contribution in [-0.2, 0) is 14.4 Å². The van der Waals surface area contributed by atoms with Gasteiger partial charge in [0, 0.05) is 37.5 Å². The van der Waals surface area contributed by atoms with E-state index < -0.39 is 0 Å². The first-order valence-electron chi connectivity index (χ1n) is 33.5. The van der Waals surface area contributed by atoms with Crippen molar-refractivity contribution in [3.63, 3.8) is 0 Å². The van der Waals surface area contributed by atoms with Gasteiger partial charge < -0.3 is 0 Å². The maximum Gasteiger partial charge on any atom is 0.156 e. The zero-order chi connectivity index (χ0) is 57.1. The summed E-state index contributed by atoms with van der Waals surface area (Å²) in [4.78, 5) is 35.9. The molecule has 3 aromatic carbocycles. The molecule has 3 nitrogen and oxygen atoms in total. The minimum atomic E-state index is 0.343. The third kappa shape index (κ3) is 11.5. The van der Waals surface area contributed by atoms with Gasteiger partial charge in [0.2, 0.25) is 0 Å². The van der Waals surface area contributed by atoms with Gasteiger partial charge in [-0.15, -0.1) is 0 Å². The van der Waals surface area contributed by atoms with Crippen LogP contribution >= 0.6 is 0 Å². The second-order valence-corrected chi connectivity index (χ2v) is 27.1. The lowest BCUT2D eigenvalue weighted by Gasteiger charge is -2.51. The molecule has 0 bridgehead atoms. The van der Waals surface area contributed by atoms with Crippen molar-refractivity contribution in [3.8, 4) is 0 Å². The summed E-state index contributed by atoms with van der Waals surface area (Å²) in [6.45, 7) is 19.7. The van der Waals surface area contributed by atoms with Crippen LogP contribution in [0.3, 0.4) is 0 Å². The molecule has 3 aromatic rings. The molecular weight excluding hydrogens is 985 g/mol.